The van der Waals surface area contributed by atoms with Crippen LogP contribution in [0, 0.1) is 11.8 Å². The molecule has 5 heteroatoms. The molecule has 1 heterocycles. The van der Waals surface area contributed by atoms with E-state index in [0.717, 1.165) is 44.1 Å². The molecule has 4 rings (SSSR count). The summed E-state index contributed by atoms with van der Waals surface area (Å²) < 4.78 is 10.6. The van der Waals surface area contributed by atoms with Gasteiger partial charge in [0, 0.05) is 17.9 Å². The summed E-state index contributed by atoms with van der Waals surface area (Å²) in [5, 5.41) is 0. The second-order valence-corrected chi connectivity index (χ2v) is 7.80. The fraction of sp³-hybridized carbons (Fsp3) is 0.650. The molecule has 2 bridgehead atoms. The quantitative estimate of drug-likeness (QED) is 0.893. The van der Waals surface area contributed by atoms with E-state index in [4.69, 9.17) is 9.47 Å². The highest BCUT2D eigenvalue weighted by Gasteiger charge is 2.45. The predicted octanol–water partition coefficient (Wildman–Crippen LogP) is 1.23. The number of hydrogen-bond donors (Lipinski definition) is 1. The van der Waals surface area contributed by atoms with Crippen LogP contribution in [0.5, 0.6) is 11.5 Å². The number of ether oxygens (including phenoxy) is 2. The van der Waals surface area contributed by atoms with Gasteiger partial charge in [0.15, 0.2) is 11.5 Å². The van der Waals surface area contributed by atoms with Gasteiger partial charge in [0.05, 0.1) is 46.4 Å². The first-order chi connectivity index (χ1) is 12.2. The standard InChI is InChI=1S/C20H28N2O3/c1-24-18-6-5-16(13-19(18)25-2)20(23)22-9-7-21(8-10-22)17-12-14-3-4-15(17)11-14/h5-6,13-15,17H,3-4,7-12H2,1-2H3/p+1/t14-,15+,17+/m0/s1. The van der Waals surface area contributed by atoms with Gasteiger partial charge >= 0.3 is 0 Å². The van der Waals surface area contributed by atoms with Crippen LogP contribution in [0.1, 0.15) is 36.0 Å². The Bertz CT molecular complexity index is 640. The Labute approximate surface area is 149 Å². The first kappa shape index (κ1) is 16.7. The van der Waals surface area contributed by atoms with Crippen LogP contribution in [0.2, 0.25) is 0 Å². The molecule has 5 nitrogen and oxygen atoms in total. The van der Waals surface area contributed by atoms with Gasteiger partial charge in [-0.15, -0.1) is 0 Å². The van der Waals surface area contributed by atoms with Crippen molar-refractivity contribution in [1.82, 2.24) is 4.90 Å². The molecule has 2 saturated carbocycles. The molecule has 136 valence electrons. The van der Waals surface area contributed by atoms with Crippen LogP contribution in [-0.4, -0.2) is 57.2 Å². The van der Waals surface area contributed by atoms with Crippen molar-refractivity contribution in [3.8, 4) is 11.5 Å². The zero-order chi connectivity index (χ0) is 17.4. The van der Waals surface area contributed by atoms with Gasteiger partial charge in [-0.2, -0.15) is 0 Å². The second kappa shape index (κ2) is 6.87. The Kier molecular flexibility index (Phi) is 4.59. The highest BCUT2D eigenvalue weighted by atomic mass is 16.5. The third-order valence-electron chi connectivity index (χ3n) is 6.59. The fourth-order valence-electron chi connectivity index (χ4n) is 5.26. The predicted molar refractivity (Wildman–Crippen MR) is 95.4 cm³/mol. The highest BCUT2D eigenvalue weighted by Crippen LogP contribution is 2.43. The van der Waals surface area contributed by atoms with Crippen molar-refractivity contribution in [1.29, 1.82) is 0 Å². The normalized spacial score (nSPS) is 29.0. The molecule has 1 aliphatic heterocycles. The van der Waals surface area contributed by atoms with Gasteiger partial charge in [0.1, 0.15) is 0 Å². The van der Waals surface area contributed by atoms with Gasteiger partial charge in [0.25, 0.3) is 5.91 Å². The molecule has 1 amide bonds. The summed E-state index contributed by atoms with van der Waals surface area (Å²) in [6.07, 6.45) is 5.78. The molecule has 2 aliphatic carbocycles. The topological polar surface area (TPSA) is 43.2 Å². The van der Waals surface area contributed by atoms with Crippen molar-refractivity contribution >= 4 is 5.91 Å². The number of quaternary nitrogens is 1. The molecule has 3 atom stereocenters. The summed E-state index contributed by atoms with van der Waals surface area (Å²) in [5.41, 5.74) is 0.682. The lowest BCUT2D eigenvalue weighted by Crippen LogP contribution is -3.18. The van der Waals surface area contributed by atoms with E-state index in [9.17, 15) is 4.79 Å². The summed E-state index contributed by atoms with van der Waals surface area (Å²) >= 11 is 0. The number of nitrogens with one attached hydrogen (secondary N) is 1. The summed E-state index contributed by atoms with van der Waals surface area (Å²) in [7, 11) is 3.21. The average molecular weight is 345 g/mol. The van der Waals surface area contributed by atoms with Crippen molar-refractivity contribution < 1.29 is 19.2 Å². The minimum absolute atomic E-state index is 0.105. The number of piperazine rings is 1. The lowest BCUT2D eigenvalue weighted by Gasteiger charge is -2.38. The SMILES string of the molecule is COc1ccc(C(=O)N2CC[NH+]([C@@H]3C[C@H]4CC[C@@H]3C4)CC2)cc1OC. The van der Waals surface area contributed by atoms with Gasteiger partial charge in [0.2, 0.25) is 0 Å². The van der Waals surface area contributed by atoms with Gasteiger partial charge in [-0.25, -0.2) is 0 Å². The molecule has 0 spiro atoms. The lowest BCUT2D eigenvalue weighted by atomic mass is 9.93. The van der Waals surface area contributed by atoms with Crippen molar-refractivity contribution in [3.05, 3.63) is 23.8 Å². The van der Waals surface area contributed by atoms with E-state index >= 15 is 0 Å². The highest BCUT2D eigenvalue weighted by molar-refractivity contribution is 5.95. The summed E-state index contributed by atoms with van der Waals surface area (Å²) in [6.45, 7) is 3.90. The molecule has 3 aliphatic rings. The molecular weight excluding hydrogens is 316 g/mol. The Morgan fingerprint density at radius 3 is 2.44 bits per heavy atom. The van der Waals surface area contributed by atoms with Crippen molar-refractivity contribution in [2.75, 3.05) is 40.4 Å². The van der Waals surface area contributed by atoms with Crippen molar-refractivity contribution in [2.24, 2.45) is 11.8 Å². The maximum Gasteiger partial charge on any atom is 0.254 e. The number of methoxy groups -OCH3 is 2. The molecule has 1 saturated heterocycles. The molecule has 1 aromatic carbocycles. The summed E-state index contributed by atoms with van der Waals surface area (Å²) in [6, 6.07) is 6.29. The number of hydrogen-bond acceptors (Lipinski definition) is 3. The average Bonchev–Trinajstić information content (AvgIpc) is 3.30. The van der Waals surface area contributed by atoms with Gasteiger partial charge < -0.3 is 19.3 Å². The number of benzene rings is 1. The van der Waals surface area contributed by atoms with Gasteiger partial charge in [-0.3, -0.25) is 4.79 Å². The number of rotatable bonds is 4. The Balaban J connectivity index is 1.38. The molecule has 1 aromatic rings. The molecule has 25 heavy (non-hydrogen) atoms. The Morgan fingerprint density at radius 2 is 1.84 bits per heavy atom. The molecular formula is C20H29N2O3+. The number of carbonyl (C=O) groups is 1. The third kappa shape index (κ3) is 3.10. The van der Waals surface area contributed by atoms with Crippen LogP contribution in [0.25, 0.3) is 0 Å². The van der Waals surface area contributed by atoms with Crippen LogP contribution >= 0.6 is 0 Å². The van der Waals surface area contributed by atoms with Gasteiger partial charge in [-0.05, 0) is 43.4 Å². The van der Waals surface area contributed by atoms with Crippen LogP contribution in [0.15, 0.2) is 18.2 Å². The molecule has 1 N–H and O–H groups in total. The maximum atomic E-state index is 12.8. The van der Waals surface area contributed by atoms with E-state index in [-0.39, 0.29) is 5.91 Å². The van der Waals surface area contributed by atoms with E-state index in [1.54, 1.807) is 25.2 Å². The van der Waals surface area contributed by atoms with E-state index in [2.05, 4.69) is 0 Å². The first-order valence-corrected chi connectivity index (χ1v) is 9.55. The van der Waals surface area contributed by atoms with Crippen LogP contribution in [0.4, 0.5) is 0 Å². The number of nitrogens with zero attached hydrogens (tertiary/aromatic N) is 1. The van der Waals surface area contributed by atoms with E-state index in [1.165, 1.54) is 25.7 Å². The second-order valence-electron chi connectivity index (χ2n) is 7.80. The minimum atomic E-state index is 0.105. The van der Waals surface area contributed by atoms with E-state index in [0.29, 0.717) is 17.1 Å². The molecule has 0 radical (unpaired) electrons. The van der Waals surface area contributed by atoms with Crippen molar-refractivity contribution in [2.45, 2.75) is 31.7 Å². The Morgan fingerprint density at radius 1 is 1.08 bits per heavy atom. The molecule has 0 unspecified atom stereocenters. The monoisotopic (exact) mass is 345 g/mol. The summed E-state index contributed by atoms with van der Waals surface area (Å²) in [4.78, 5) is 16.6. The van der Waals surface area contributed by atoms with E-state index in [1.807, 2.05) is 17.0 Å². The fourth-order valence-corrected chi connectivity index (χ4v) is 5.26. The third-order valence-corrected chi connectivity index (χ3v) is 6.59. The van der Waals surface area contributed by atoms with Crippen molar-refractivity contribution in [3.63, 3.8) is 0 Å². The van der Waals surface area contributed by atoms with Crippen LogP contribution in [0.3, 0.4) is 0 Å². The smallest absolute Gasteiger partial charge is 0.254 e. The minimum Gasteiger partial charge on any atom is -0.493 e. The first-order valence-electron chi connectivity index (χ1n) is 9.55. The largest absolute Gasteiger partial charge is 0.493 e. The zero-order valence-electron chi connectivity index (χ0n) is 15.3. The van der Waals surface area contributed by atoms with Gasteiger partial charge in [-0.1, -0.05) is 0 Å². The summed E-state index contributed by atoms with van der Waals surface area (Å²) in [5.74, 6) is 3.32. The lowest BCUT2D eigenvalue weighted by molar-refractivity contribution is -0.932. The molecule has 3 fully saturated rings. The van der Waals surface area contributed by atoms with Crippen LogP contribution in [-0.2, 0) is 0 Å². The number of carbonyl (C=O) groups excluding carboxylic acids is 1. The maximum absolute atomic E-state index is 12.8. The zero-order valence-corrected chi connectivity index (χ0v) is 15.3. The Hall–Kier alpha value is -1.75. The van der Waals surface area contributed by atoms with E-state index < -0.39 is 0 Å². The molecule has 0 aromatic heterocycles. The number of amides is 1. The number of fused-ring (bicyclic) bond motifs is 2. The van der Waals surface area contributed by atoms with Crippen LogP contribution < -0.4 is 14.4 Å².